The molecule has 2 aliphatic rings. The molecule has 5 nitrogen and oxygen atoms in total. The molecule has 0 aromatic rings. The van der Waals surface area contributed by atoms with Gasteiger partial charge in [0.05, 0.1) is 13.2 Å². The lowest BCUT2D eigenvalue weighted by Crippen LogP contribution is -2.40. The fourth-order valence-corrected chi connectivity index (χ4v) is 4.14. The number of hydroxylamine groups is 2. The van der Waals surface area contributed by atoms with Crippen molar-refractivity contribution in [3.05, 3.63) is 0 Å². The van der Waals surface area contributed by atoms with Crippen LogP contribution in [-0.4, -0.2) is 35.3 Å². The molecule has 2 rings (SSSR count). The molecule has 0 aromatic carbocycles. The van der Waals surface area contributed by atoms with Crippen LogP contribution in [0, 0.1) is 0 Å². The highest BCUT2D eigenvalue weighted by Crippen LogP contribution is 2.65. The molecule has 14 heavy (non-hydrogen) atoms. The number of hydrogen-bond acceptors (Lipinski definition) is 5. The first kappa shape index (κ1) is 10.6. The van der Waals surface area contributed by atoms with Crippen LogP contribution >= 0.6 is 7.60 Å². The minimum atomic E-state index is -3.15. The van der Waals surface area contributed by atoms with Crippen molar-refractivity contribution in [1.29, 1.82) is 0 Å². The zero-order chi connectivity index (χ0) is 10.2. The molecule has 0 radical (unpaired) electrons. The summed E-state index contributed by atoms with van der Waals surface area (Å²) < 4.78 is 22.8. The van der Waals surface area contributed by atoms with Crippen LogP contribution in [0.1, 0.15) is 26.2 Å². The number of nitrogens with zero attached hydrogens (tertiary/aromatic N) is 1. The summed E-state index contributed by atoms with van der Waals surface area (Å²) in [5.74, 6) is 0. The Hall–Kier alpha value is 0.0700. The van der Waals surface area contributed by atoms with Crippen LogP contribution in [0.3, 0.4) is 0 Å². The van der Waals surface area contributed by atoms with Gasteiger partial charge in [0.15, 0.2) is 0 Å². The Balaban J connectivity index is 2.22. The van der Waals surface area contributed by atoms with Crippen LogP contribution in [0.5, 0.6) is 0 Å². The topological polar surface area (TPSA) is 59.0 Å². The fraction of sp³-hybridized carbons (Fsp3) is 1.00. The normalized spacial score (nSPS) is 38.7. The lowest BCUT2D eigenvalue weighted by Gasteiger charge is -2.38. The fourth-order valence-electron chi connectivity index (χ4n) is 1.96. The van der Waals surface area contributed by atoms with Crippen LogP contribution in [0.15, 0.2) is 0 Å². The Morgan fingerprint density at radius 3 is 2.50 bits per heavy atom. The minimum absolute atomic E-state index is 0.459. The first-order chi connectivity index (χ1) is 6.58. The summed E-state index contributed by atoms with van der Waals surface area (Å²) >= 11 is 0. The standard InChI is InChI=1S/C8H16NO4P/c1-8(4-2-5-9(8)10)14(11)12-6-3-7-13-14/h10H,2-7H2,1H3. The summed E-state index contributed by atoms with van der Waals surface area (Å²) in [6.45, 7) is 3.20. The Kier molecular flexibility index (Phi) is 2.70. The van der Waals surface area contributed by atoms with Crippen molar-refractivity contribution in [3.63, 3.8) is 0 Å². The molecule has 2 fully saturated rings. The largest absolute Gasteiger partial charge is 0.352 e. The van der Waals surface area contributed by atoms with Crippen molar-refractivity contribution in [3.8, 4) is 0 Å². The molecule has 2 aliphatic heterocycles. The molecule has 0 bridgehead atoms. The Morgan fingerprint density at radius 2 is 2.00 bits per heavy atom. The van der Waals surface area contributed by atoms with Crippen LogP contribution in [0.2, 0.25) is 0 Å². The van der Waals surface area contributed by atoms with Gasteiger partial charge in [0.2, 0.25) is 0 Å². The molecule has 0 aromatic heterocycles. The molecular formula is C8H16NO4P. The maximum absolute atomic E-state index is 12.3. The highest BCUT2D eigenvalue weighted by molar-refractivity contribution is 7.55. The molecule has 82 valence electrons. The minimum Gasteiger partial charge on any atom is -0.313 e. The number of hydrogen-bond donors (Lipinski definition) is 1. The van der Waals surface area contributed by atoms with Crippen molar-refractivity contribution < 1.29 is 18.8 Å². The molecule has 1 unspecified atom stereocenters. The Labute approximate surface area is 83.5 Å². The van der Waals surface area contributed by atoms with Gasteiger partial charge in [-0.25, -0.2) is 0 Å². The summed E-state index contributed by atoms with van der Waals surface area (Å²) in [5.41, 5.74) is 0. The van der Waals surface area contributed by atoms with E-state index in [0.29, 0.717) is 26.2 Å². The van der Waals surface area contributed by atoms with Gasteiger partial charge >= 0.3 is 7.60 Å². The van der Waals surface area contributed by atoms with Crippen molar-refractivity contribution in [2.45, 2.75) is 31.5 Å². The summed E-state index contributed by atoms with van der Waals surface area (Å²) in [6.07, 6.45) is 2.25. The third kappa shape index (κ3) is 1.44. The summed E-state index contributed by atoms with van der Waals surface area (Å²) in [6, 6.07) is 0. The van der Waals surface area contributed by atoms with Crippen LogP contribution in [0.25, 0.3) is 0 Å². The van der Waals surface area contributed by atoms with Crippen molar-refractivity contribution in [1.82, 2.24) is 5.06 Å². The van der Waals surface area contributed by atoms with Gasteiger partial charge in [-0.05, 0) is 26.2 Å². The molecule has 6 heteroatoms. The van der Waals surface area contributed by atoms with Crippen LogP contribution in [-0.2, 0) is 13.6 Å². The SMILES string of the molecule is CC1(P2(=O)OCCCO2)CCCN1O. The van der Waals surface area contributed by atoms with Gasteiger partial charge in [-0.2, -0.15) is 5.06 Å². The van der Waals surface area contributed by atoms with E-state index in [0.717, 1.165) is 17.9 Å². The Bertz CT molecular complexity index is 262. The third-order valence-corrected chi connectivity index (χ3v) is 5.66. The lowest BCUT2D eigenvalue weighted by atomic mass is 10.2. The summed E-state index contributed by atoms with van der Waals surface area (Å²) in [5, 5.41) is 9.94. The predicted molar refractivity (Wildman–Crippen MR) is 50.3 cm³/mol. The van der Waals surface area contributed by atoms with Gasteiger partial charge in [0, 0.05) is 6.54 Å². The van der Waals surface area contributed by atoms with Crippen LogP contribution < -0.4 is 0 Å². The second kappa shape index (κ2) is 3.58. The highest BCUT2D eigenvalue weighted by Gasteiger charge is 2.54. The number of rotatable bonds is 1. The predicted octanol–water partition coefficient (Wildman–Crippen LogP) is 1.82. The van der Waals surface area contributed by atoms with Gasteiger partial charge in [0.25, 0.3) is 0 Å². The maximum atomic E-state index is 12.3. The van der Waals surface area contributed by atoms with E-state index in [-0.39, 0.29) is 0 Å². The van der Waals surface area contributed by atoms with Crippen molar-refractivity contribution >= 4 is 7.60 Å². The zero-order valence-corrected chi connectivity index (χ0v) is 9.20. The quantitative estimate of drug-likeness (QED) is 0.684. The molecule has 1 atom stereocenters. The van der Waals surface area contributed by atoms with Gasteiger partial charge < -0.3 is 14.3 Å². The summed E-state index contributed by atoms with van der Waals surface area (Å²) in [4.78, 5) is 0. The highest BCUT2D eigenvalue weighted by atomic mass is 31.2. The first-order valence-corrected chi connectivity index (χ1v) is 6.48. The first-order valence-electron chi connectivity index (χ1n) is 4.94. The monoisotopic (exact) mass is 221 g/mol. The molecule has 0 spiro atoms. The van der Waals surface area contributed by atoms with E-state index in [1.807, 2.05) is 0 Å². The van der Waals surface area contributed by atoms with Gasteiger partial charge in [-0.15, -0.1) is 0 Å². The molecule has 0 saturated carbocycles. The van der Waals surface area contributed by atoms with Crippen molar-refractivity contribution in [2.24, 2.45) is 0 Å². The molecule has 2 heterocycles. The van der Waals surface area contributed by atoms with Gasteiger partial charge in [0.1, 0.15) is 5.28 Å². The van der Waals surface area contributed by atoms with Crippen LogP contribution in [0.4, 0.5) is 0 Å². The van der Waals surface area contributed by atoms with E-state index in [4.69, 9.17) is 9.05 Å². The van der Waals surface area contributed by atoms with E-state index in [9.17, 15) is 9.77 Å². The molecule has 2 saturated heterocycles. The van der Waals surface area contributed by atoms with E-state index in [2.05, 4.69) is 0 Å². The zero-order valence-electron chi connectivity index (χ0n) is 8.31. The average Bonchev–Trinajstić information content (AvgIpc) is 2.50. The van der Waals surface area contributed by atoms with E-state index >= 15 is 0 Å². The van der Waals surface area contributed by atoms with E-state index in [1.54, 1.807) is 6.92 Å². The van der Waals surface area contributed by atoms with Gasteiger partial charge in [-0.1, -0.05) is 0 Å². The van der Waals surface area contributed by atoms with Crippen molar-refractivity contribution in [2.75, 3.05) is 19.8 Å². The molecule has 0 aliphatic carbocycles. The molecular weight excluding hydrogens is 205 g/mol. The van der Waals surface area contributed by atoms with E-state index < -0.39 is 12.9 Å². The second-order valence-electron chi connectivity index (χ2n) is 3.96. The smallest absolute Gasteiger partial charge is 0.313 e. The average molecular weight is 221 g/mol. The maximum Gasteiger partial charge on any atom is 0.352 e. The third-order valence-electron chi connectivity index (χ3n) is 2.98. The second-order valence-corrected chi connectivity index (χ2v) is 6.44. The summed E-state index contributed by atoms with van der Waals surface area (Å²) in [7, 11) is -3.15. The Morgan fingerprint density at radius 1 is 1.36 bits per heavy atom. The van der Waals surface area contributed by atoms with E-state index in [1.165, 1.54) is 0 Å². The van der Waals surface area contributed by atoms with Gasteiger partial charge in [-0.3, -0.25) is 4.57 Å². The molecule has 1 N–H and O–H groups in total. The molecule has 0 amide bonds. The lowest BCUT2D eigenvalue weighted by molar-refractivity contribution is -0.122.